The van der Waals surface area contributed by atoms with Crippen molar-refractivity contribution in [1.82, 2.24) is 10.2 Å². The molecule has 1 heterocycles. The molecule has 1 aliphatic heterocycles. The van der Waals surface area contributed by atoms with Crippen LogP contribution in [0.2, 0.25) is 0 Å². The molecule has 2 N–H and O–H groups in total. The van der Waals surface area contributed by atoms with Gasteiger partial charge in [-0.15, -0.1) is 0 Å². The molecule has 0 aromatic heterocycles. The Morgan fingerprint density at radius 1 is 1.30 bits per heavy atom. The van der Waals surface area contributed by atoms with Gasteiger partial charge in [-0.3, -0.25) is 9.69 Å². The minimum atomic E-state index is -0.951. The molecule has 3 amide bonds. The molecule has 124 valence electrons. The fraction of sp³-hybridized carbons (Fsp3) is 0.438. The molecule has 0 spiro atoms. The summed E-state index contributed by atoms with van der Waals surface area (Å²) in [5, 5.41) is 12.5. The highest BCUT2D eigenvalue weighted by Crippen LogP contribution is 2.25. The van der Waals surface area contributed by atoms with Gasteiger partial charge < -0.3 is 15.2 Å². The second kappa shape index (κ2) is 5.91. The quantitative estimate of drug-likeness (QED) is 0.647. The van der Waals surface area contributed by atoms with Crippen molar-refractivity contribution in [3.8, 4) is 5.75 Å². The lowest BCUT2D eigenvalue weighted by Crippen LogP contribution is -2.40. The number of hydrogen-bond donors (Lipinski definition) is 2. The van der Waals surface area contributed by atoms with Crippen LogP contribution in [0.5, 0.6) is 5.75 Å². The number of hydrogen-bond acceptors (Lipinski definition) is 5. The second-order valence-electron chi connectivity index (χ2n) is 6.05. The zero-order valence-corrected chi connectivity index (χ0v) is 13.6. The van der Waals surface area contributed by atoms with E-state index in [2.05, 4.69) is 5.32 Å². The first kappa shape index (κ1) is 16.8. The number of carbonyl (C=O) groups excluding carboxylic acids is 3. The van der Waals surface area contributed by atoms with Crippen molar-refractivity contribution in [3.05, 3.63) is 28.8 Å². The summed E-state index contributed by atoms with van der Waals surface area (Å²) in [6.07, 6.45) is 0. The minimum Gasteiger partial charge on any atom is -0.507 e. The predicted molar refractivity (Wildman–Crippen MR) is 82.2 cm³/mol. The number of benzene rings is 1. The Hall–Kier alpha value is -2.57. The van der Waals surface area contributed by atoms with Gasteiger partial charge in [-0.2, -0.15) is 0 Å². The molecule has 7 nitrogen and oxygen atoms in total. The second-order valence-corrected chi connectivity index (χ2v) is 6.05. The molecule has 1 saturated heterocycles. The number of nitrogens with one attached hydrogen (secondary N) is 1. The van der Waals surface area contributed by atoms with Crippen molar-refractivity contribution in [2.24, 2.45) is 0 Å². The predicted octanol–water partition coefficient (Wildman–Crippen LogP) is 1.50. The molecule has 0 aliphatic carbocycles. The highest BCUT2D eigenvalue weighted by molar-refractivity contribution is 6.06. The Morgan fingerprint density at radius 2 is 1.96 bits per heavy atom. The molecule has 1 aliphatic rings. The lowest BCUT2D eigenvalue weighted by Gasteiger charge is -2.16. The fourth-order valence-corrected chi connectivity index (χ4v) is 2.29. The van der Waals surface area contributed by atoms with E-state index in [1.165, 1.54) is 6.07 Å². The average molecular weight is 320 g/mol. The summed E-state index contributed by atoms with van der Waals surface area (Å²) in [5.74, 6) is -1.18. The van der Waals surface area contributed by atoms with Crippen molar-refractivity contribution < 1.29 is 24.2 Å². The Bertz CT molecular complexity index is 681. The lowest BCUT2D eigenvalue weighted by atomic mass is 10.0. The minimum absolute atomic E-state index is 0.0363. The zero-order chi connectivity index (χ0) is 17.4. The highest BCUT2D eigenvalue weighted by Gasteiger charge is 2.43. The molecule has 0 radical (unpaired) electrons. The van der Waals surface area contributed by atoms with Crippen LogP contribution in [0.4, 0.5) is 4.79 Å². The maximum atomic E-state index is 12.0. The van der Waals surface area contributed by atoms with Gasteiger partial charge >= 0.3 is 12.0 Å². The van der Waals surface area contributed by atoms with Gasteiger partial charge in [0.05, 0.1) is 6.54 Å². The number of esters is 1. The Kier molecular flexibility index (Phi) is 4.31. The third-order valence-electron chi connectivity index (χ3n) is 3.91. The molecule has 0 saturated carbocycles. The van der Waals surface area contributed by atoms with Crippen molar-refractivity contribution in [1.29, 1.82) is 0 Å². The van der Waals surface area contributed by atoms with Crippen molar-refractivity contribution in [2.45, 2.75) is 33.2 Å². The first-order chi connectivity index (χ1) is 10.6. The first-order valence-electron chi connectivity index (χ1n) is 7.25. The van der Waals surface area contributed by atoms with E-state index < -0.39 is 17.5 Å². The number of amides is 3. The van der Waals surface area contributed by atoms with Crippen LogP contribution in [-0.4, -0.2) is 46.6 Å². The molecule has 7 heteroatoms. The van der Waals surface area contributed by atoms with Gasteiger partial charge in [0.2, 0.25) is 0 Å². The van der Waals surface area contributed by atoms with E-state index in [0.717, 1.165) is 10.5 Å². The van der Waals surface area contributed by atoms with E-state index in [4.69, 9.17) is 4.74 Å². The first-order valence-corrected chi connectivity index (χ1v) is 7.25. The molecule has 1 aromatic rings. The number of phenols is 1. The van der Waals surface area contributed by atoms with E-state index in [1.807, 2.05) is 6.92 Å². The van der Waals surface area contributed by atoms with Gasteiger partial charge in [-0.1, -0.05) is 6.07 Å². The maximum Gasteiger partial charge on any atom is 0.341 e. The molecule has 1 aromatic carbocycles. The van der Waals surface area contributed by atoms with Crippen LogP contribution in [0, 0.1) is 13.8 Å². The highest BCUT2D eigenvalue weighted by atomic mass is 16.5. The number of aryl methyl sites for hydroxylation is 1. The van der Waals surface area contributed by atoms with Crippen LogP contribution >= 0.6 is 0 Å². The molecule has 0 atom stereocenters. The molecular formula is C16H20N2O5. The third-order valence-corrected chi connectivity index (χ3v) is 3.91. The topological polar surface area (TPSA) is 95.9 Å². The largest absolute Gasteiger partial charge is 0.507 e. The maximum absolute atomic E-state index is 12.0. The van der Waals surface area contributed by atoms with E-state index in [-0.39, 0.29) is 30.4 Å². The Labute approximate surface area is 134 Å². The monoisotopic (exact) mass is 320 g/mol. The van der Waals surface area contributed by atoms with E-state index in [0.29, 0.717) is 5.56 Å². The SMILES string of the molecule is Cc1ccc(C(=O)OCCN2C(=O)NC(C)(C)C2=O)c(O)c1C. The molecule has 2 rings (SSSR count). The van der Waals surface area contributed by atoms with E-state index in [9.17, 15) is 19.5 Å². The van der Waals surface area contributed by atoms with Gasteiger partial charge in [0, 0.05) is 0 Å². The van der Waals surface area contributed by atoms with Crippen LogP contribution < -0.4 is 5.32 Å². The van der Waals surface area contributed by atoms with Gasteiger partial charge in [-0.25, -0.2) is 9.59 Å². The number of urea groups is 1. The van der Waals surface area contributed by atoms with Crippen LogP contribution in [0.1, 0.15) is 35.3 Å². The summed E-state index contributed by atoms with van der Waals surface area (Å²) >= 11 is 0. The summed E-state index contributed by atoms with van der Waals surface area (Å²) in [7, 11) is 0. The van der Waals surface area contributed by atoms with Gasteiger partial charge in [-0.05, 0) is 44.9 Å². The van der Waals surface area contributed by atoms with Crippen LogP contribution in [0.15, 0.2) is 12.1 Å². The van der Waals surface area contributed by atoms with Crippen LogP contribution in [0.25, 0.3) is 0 Å². The molecule has 0 bridgehead atoms. The molecule has 23 heavy (non-hydrogen) atoms. The standard InChI is InChI=1S/C16H20N2O5/c1-9-5-6-11(12(19)10(9)2)13(20)23-8-7-18-14(21)16(3,4)17-15(18)22/h5-6,19H,7-8H2,1-4H3,(H,17,22). The van der Waals surface area contributed by atoms with Crippen LogP contribution in [-0.2, 0) is 9.53 Å². The van der Waals surface area contributed by atoms with E-state index >= 15 is 0 Å². The Balaban J connectivity index is 1.97. The number of aromatic hydroxyl groups is 1. The Morgan fingerprint density at radius 3 is 2.52 bits per heavy atom. The number of nitrogens with zero attached hydrogens (tertiary/aromatic N) is 1. The van der Waals surface area contributed by atoms with Gasteiger partial charge in [0.1, 0.15) is 23.5 Å². The zero-order valence-electron chi connectivity index (χ0n) is 13.6. The number of ether oxygens (including phenoxy) is 1. The molecule has 0 unspecified atom stereocenters. The van der Waals surface area contributed by atoms with E-state index in [1.54, 1.807) is 26.8 Å². The number of imide groups is 1. The van der Waals surface area contributed by atoms with Crippen LogP contribution in [0.3, 0.4) is 0 Å². The van der Waals surface area contributed by atoms with Gasteiger partial charge in [0.25, 0.3) is 5.91 Å². The average Bonchev–Trinajstić information content (AvgIpc) is 2.66. The fourth-order valence-electron chi connectivity index (χ4n) is 2.29. The summed E-state index contributed by atoms with van der Waals surface area (Å²) in [6.45, 7) is 6.56. The molecular weight excluding hydrogens is 300 g/mol. The summed E-state index contributed by atoms with van der Waals surface area (Å²) in [4.78, 5) is 36.7. The smallest absolute Gasteiger partial charge is 0.341 e. The van der Waals surface area contributed by atoms with Crippen molar-refractivity contribution >= 4 is 17.9 Å². The summed E-state index contributed by atoms with van der Waals surface area (Å²) < 4.78 is 5.06. The van der Waals surface area contributed by atoms with Crippen molar-refractivity contribution in [3.63, 3.8) is 0 Å². The van der Waals surface area contributed by atoms with Crippen molar-refractivity contribution in [2.75, 3.05) is 13.2 Å². The number of phenolic OH excluding ortho intramolecular Hbond substituents is 1. The summed E-state index contributed by atoms with van der Waals surface area (Å²) in [6, 6.07) is 2.69. The lowest BCUT2D eigenvalue weighted by molar-refractivity contribution is -0.130. The molecule has 1 fully saturated rings. The normalized spacial score (nSPS) is 16.4. The van der Waals surface area contributed by atoms with Gasteiger partial charge in [0.15, 0.2) is 0 Å². The number of carbonyl (C=O) groups is 3. The third kappa shape index (κ3) is 3.13. The summed E-state index contributed by atoms with van der Waals surface area (Å²) in [5.41, 5.74) is 0.578. The number of rotatable bonds is 4.